The van der Waals surface area contributed by atoms with E-state index < -0.39 is 0 Å². The summed E-state index contributed by atoms with van der Waals surface area (Å²) in [6.07, 6.45) is 13.2. The van der Waals surface area contributed by atoms with E-state index in [0.29, 0.717) is 0 Å². The van der Waals surface area contributed by atoms with Crippen molar-refractivity contribution in [3.63, 3.8) is 0 Å². The van der Waals surface area contributed by atoms with Crippen molar-refractivity contribution in [2.75, 3.05) is 13.2 Å². The molecule has 16 heavy (non-hydrogen) atoms. The van der Waals surface area contributed by atoms with Gasteiger partial charge in [0, 0.05) is 13.2 Å². The number of ether oxygens (including phenoxy) is 2. The van der Waals surface area contributed by atoms with Gasteiger partial charge in [-0.2, -0.15) is 0 Å². The highest BCUT2D eigenvalue weighted by atomic mass is 16.7. The van der Waals surface area contributed by atoms with E-state index >= 15 is 0 Å². The zero-order chi connectivity index (χ0) is 11.5. The van der Waals surface area contributed by atoms with Crippen molar-refractivity contribution in [3.05, 3.63) is 12.7 Å². The molecule has 2 nitrogen and oxygen atoms in total. The molecule has 1 atom stereocenters. The maximum absolute atomic E-state index is 5.67. The second kappa shape index (κ2) is 9.86. The maximum Gasteiger partial charge on any atom is 0.157 e. The molecule has 1 aliphatic heterocycles. The molecular weight excluding hydrogens is 200 g/mol. The van der Waals surface area contributed by atoms with Crippen LogP contribution in [0.25, 0.3) is 0 Å². The number of hydrogen-bond acceptors (Lipinski definition) is 2. The van der Waals surface area contributed by atoms with Gasteiger partial charge in [0.05, 0.1) is 0 Å². The lowest BCUT2D eigenvalue weighted by molar-refractivity contribution is -0.162. The van der Waals surface area contributed by atoms with Crippen LogP contribution in [0.2, 0.25) is 0 Å². The number of allylic oxidation sites excluding steroid dienone is 1. The van der Waals surface area contributed by atoms with Crippen LogP contribution in [-0.4, -0.2) is 19.5 Å². The van der Waals surface area contributed by atoms with Gasteiger partial charge in [0.1, 0.15) is 0 Å². The molecule has 0 aliphatic carbocycles. The van der Waals surface area contributed by atoms with Gasteiger partial charge in [-0.25, -0.2) is 0 Å². The molecule has 0 amide bonds. The normalized spacial score (nSPS) is 20.9. The summed E-state index contributed by atoms with van der Waals surface area (Å²) in [5.74, 6) is 0. The Bertz CT molecular complexity index is 162. The smallest absolute Gasteiger partial charge is 0.157 e. The molecule has 1 fully saturated rings. The van der Waals surface area contributed by atoms with Crippen LogP contribution in [-0.2, 0) is 9.47 Å². The zero-order valence-corrected chi connectivity index (χ0v) is 10.5. The highest BCUT2D eigenvalue weighted by molar-refractivity contribution is 4.65. The molecule has 0 aromatic carbocycles. The standard InChI is InChI=1S/C14H26O2/c1-2-3-4-5-6-7-9-12-15-14-11-8-10-13-16-14/h2,14H,1,3-13H2. The molecule has 1 heterocycles. The summed E-state index contributed by atoms with van der Waals surface area (Å²) in [6, 6.07) is 0. The molecule has 1 unspecified atom stereocenters. The van der Waals surface area contributed by atoms with Crippen LogP contribution >= 0.6 is 0 Å². The van der Waals surface area contributed by atoms with E-state index in [-0.39, 0.29) is 6.29 Å². The van der Waals surface area contributed by atoms with Gasteiger partial charge in [-0.1, -0.05) is 25.3 Å². The largest absolute Gasteiger partial charge is 0.353 e. The van der Waals surface area contributed by atoms with Crippen LogP contribution < -0.4 is 0 Å². The van der Waals surface area contributed by atoms with Gasteiger partial charge < -0.3 is 9.47 Å². The van der Waals surface area contributed by atoms with Gasteiger partial charge in [0.2, 0.25) is 0 Å². The average Bonchev–Trinajstić information content (AvgIpc) is 2.34. The minimum absolute atomic E-state index is 0.0921. The summed E-state index contributed by atoms with van der Waals surface area (Å²) in [6.45, 7) is 5.47. The molecule has 0 spiro atoms. The zero-order valence-electron chi connectivity index (χ0n) is 10.5. The Morgan fingerprint density at radius 2 is 1.94 bits per heavy atom. The molecule has 1 saturated heterocycles. The van der Waals surface area contributed by atoms with Gasteiger partial charge in [0.25, 0.3) is 0 Å². The summed E-state index contributed by atoms with van der Waals surface area (Å²) >= 11 is 0. The van der Waals surface area contributed by atoms with Crippen LogP contribution in [0.5, 0.6) is 0 Å². The molecule has 0 radical (unpaired) electrons. The van der Waals surface area contributed by atoms with Crippen LogP contribution in [0, 0.1) is 0 Å². The molecular formula is C14H26O2. The highest BCUT2D eigenvalue weighted by Gasteiger charge is 2.12. The Kier molecular flexibility index (Phi) is 8.45. The molecule has 0 N–H and O–H groups in total. The van der Waals surface area contributed by atoms with Gasteiger partial charge in [0.15, 0.2) is 6.29 Å². The molecule has 0 saturated carbocycles. The Morgan fingerprint density at radius 3 is 2.69 bits per heavy atom. The van der Waals surface area contributed by atoms with Gasteiger partial charge in [-0.15, -0.1) is 6.58 Å². The Hall–Kier alpha value is -0.340. The summed E-state index contributed by atoms with van der Waals surface area (Å²) in [7, 11) is 0. The van der Waals surface area contributed by atoms with Crippen LogP contribution in [0.1, 0.15) is 57.8 Å². The van der Waals surface area contributed by atoms with Crippen molar-refractivity contribution in [1.29, 1.82) is 0 Å². The van der Waals surface area contributed by atoms with E-state index in [4.69, 9.17) is 9.47 Å². The highest BCUT2D eigenvalue weighted by Crippen LogP contribution is 2.14. The van der Waals surface area contributed by atoms with Crippen molar-refractivity contribution < 1.29 is 9.47 Å². The van der Waals surface area contributed by atoms with Crippen LogP contribution in [0.3, 0.4) is 0 Å². The topological polar surface area (TPSA) is 18.5 Å². The summed E-state index contributed by atoms with van der Waals surface area (Å²) in [4.78, 5) is 0. The first-order valence-electron chi connectivity index (χ1n) is 6.77. The fourth-order valence-electron chi connectivity index (χ4n) is 1.98. The fourth-order valence-corrected chi connectivity index (χ4v) is 1.98. The van der Waals surface area contributed by atoms with Crippen LogP contribution in [0.15, 0.2) is 12.7 Å². The van der Waals surface area contributed by atoms with Crippen molar-refractivity contribution in [3.8, 4) is 0 Å². The first kappa shape index (κ1) is 13.7. The number of unbranched alkanes of at least 4 members (excludes halogenated alkanes) is 5. The van der Waals surface area contributed by atoms with Crippen LogP contribution in [0.4, 0.5) is 0 Å². The predicted molar refractivity (Wildman–Crippen MR) is 67.4 cm³/mol. The molecule has 2 heteroatoms. The number of hydrogen-bond donors (Lipinski definition) is 0. The second-order valence-corrected chi connectivity index (χ2v) is 4.51. The third-order valence-electron chi connectivity index (χ3n) is 2.99. The molecule has 0 bridgehead atoms. The molecule has 0 aromatic heterocycles. The summed E-state index contributed by atoms with van der Waals surface area (Å²) in [5.41, 5.74) is 0. The van der Waals surface area contributed by atoms with E-state index in [9.17, 15) is 0 Å². The Balaban J connectivity index is 1.78. The van der Waals surface area contributed by atoms with E-state index in [1.54, 1.807) is 0 Å². The lowest BCUT2D eigenvalue weighted by Gasteiger charge is -2.22. The Labute approximate surface area is 100 Å². The van der Waals surface area contributed by atoms with E-state index in [2.05, 4.69) is 6.58 Å². The van der Waals surface area contributed by atoms with Crippen molar-refractivity contribution in [1.82, 2.24) is 0 Å². The molecule has 1 rings (SSSR count). The third-order valence-corrected chi connectivity index (χ3v) is 2.99. The monoisotopic (exact) mass is 226 g/mol. The van der Waals surface area contributed by atoms with Gasteiger partial charge >= 0.3 is 0 Å². The van der Waals surface area contributed by atoms with Gasteiger partial charge in [-0.3, -0.25) is 0 Å². The maximum atomic E-state index is 5.67. The first-order valence-corrected chi connectivity index (χ1v) is 6.77. The Morgan fingerprint density at radius 1 is 1.12 bits per heavy atom. The van der Waals surface area contributed by atoms with E-state index in [1.165, 1.54) is 44.9 Å². The van der Waals surface area contributed by atoms with E-state index in [0.717, 1.165) is 26.1 Å². The van der Waals surface area contributed by atoms with Gasteiger partial charge in [-0.05, 0) is 38.5 Å². The second-order valence-electron chi connectivity index (χ2n) is 4.51. The van der Waals surface area contributed by atoms with E-state index in [1.807, 2.05) is 6.08 Å². The van der Waals surface area contributed by atoms with Crippen molar-refractivity contribution in [2.45, 2.75) is 64.1 Å². The van der Waals surface area contributed by atoms with Crippen molar-refractivity contribution >= 4 is 0 Å². The SMILES string of the molecule is C=CCCCCCCCOC1CCCCO1. The minimum atomic E-state index is 0.0921. The molecule has 1 aliphatic rings. The predicted octanol–water partition coefficient (Wildman–Crippen LogP) is 4.06. The lowest BCUT2D eigenvalue weighted by atomic mass is 10.1. The fraction of sp³-hybridized carbons (Fsp3) is 0.857. The van der Waals surface area contributed by atoms with Crippen molar-refractivity contribution in [2.24, 2.45) is 0 Å². The molecule has 94 valence electrons. The first-order chi connectivity index (χ1) is 7.93. The summed E-state index contributed by atoms with van der Waals surface area (Å²) in [5, 5.41) is 0. The number of rotatable bonds is 9. The minimum Gasteiger partial charge on any atom is -0.353 e. The lowest BCUT2D eigenvalue weighted by Crippen LogP contribution is -2.22. The molecule has 0 aromatic rings. The quantitative estimate of drug-likeness (QED) is 0.436. The summed E-state index contributed by atoms with van der Waals surface area (Å²) < 4.78 is 11.2. The third kappa shape index (κ3) is 7.02. The average molecular weight is 226 g/mol.